The highest BCUT2D eigenvalue weighted by molar-refractivity contribution is 5.78. The monoisotopic (exact) mass is 363 g/mol. The van der Waals surface area contributed by atoms with Crippen LogP contribution in [-0.4, -0.2) is 14.5 Å². The van der Waals surface area contributed by atoms with Crippen molar-refractivity contribution in [2.24, 2.45) is 0 Å². The number of aromatic nitrogens is 2. The number of rotatable bonds is 7. The molecule has 0 aliphatic carbocycles. The van der Waals surface area contributed by atoms with Crippen molar-refractivity contribution in [3.63, 3.8) is 0 Å². The van der Waals surface area contributed by atoms with E-state index in [9.17, 15) is 14.9 Å². The Morgan fingerprint density at radius 2 is 1.81 bits per heavy atom. The molecule has 0 fully saturated rings. The lowest BCUT2D eigenvalue weighted by Gasteiger charge is -2.10. The summed E-state index contributed by atoms with van der Waals surface area (Å²) in [6.45, 7) is 2.75. The van der Waals surface area contributed by atoms with E-state index in [2.05, 4.69) is 11.9 Å². The van der Waals surface area contributed by atoms with Crippen LogP contribution in [0.5, 0.6) is 0 Å². The third kappa shape index (κ3) is 4.11. The van der Waals surface area contributed by atoms with Gasteiger partial charge in [-0.15, -0.1) is 0 Å². The van der Waals surface area contributed by atoms with E-state index < -0.39 is 4.92 Å². The predicted molar refractivity (Wildman–Crippen MR) is 108 cm³/mol. The van der Waals surface area contributed by atoms with Gasteiger partial charge in [0.05, 0.1) is 21.5 Å². The van der Waals surface area contributed by atoms with Gasteiger partial charge >= 0.3 is 0 Å². The van der Waals surface area contributed by atoms with Crippen molar-refractivity contribution in [3.05, 3.63) is 80.3 Å². The normalized spacial score (nSPS) is 11.3. The minimum Gasteiger partial charge on any atom is -0.305 e. The summed E-state index contributed by atoms with van der Waals surface area (Å²) in [4.78, 5) is 28.1. The maximum Gasteiger partial charge on any atom is 0.276 e. The van der Waals surface area contributed by atoms with Crippen LogP contribution in [0.1, 0.15) is 37.4 Å². The number of nitro benzene ring substituents is 1. The highest BCUT2D eigenvalue weighted by Gasteiger charge is 2.11. The first-order valence-corrected chi connectivity index (χ1v) is 9.03. The van der Waals surface area contributed by atoms with E-state index in [0.717, 1.165) is 30.3 Å². The summed E-state index contributed by atoms with van der Waals surface area (Å²) < 4.78 is 1.75. The van der Waals surface area contributed by atoms with Gasteiger partial charge in [0.1, 0.15) is 5.69 Å². The number of hydrogen-bond acceptors (Lipinski definition) is 4. The summed E-state index contributed by atoms with van der Waals surface area (Å²) in [6.07, 6.45) is 6.17. The molecule has 6 nitrogen and oxygen atoms in total. The Hall–Kier alpha value is -3.28. The number of benzene rings is 2. The minimum absolute atomic E-state index is 0.00203. The molecule has 0 aliphatic heterocycles. The number of aryl methyl sites for hydroxylation is 1. The topological polar surface area (TPSA) is 78.0 Å². The van der Waals surface area contributed by atoms with E-state index >= 15 is 0 Å². The quantitative estimate of drug-likeness (QED) is 0.347. The Morgan fingerprint density at radius 3 is 2.59 bits per heavy atom. The van der Waals surface area contributed by atoms with Gasteiger partial charge in [-0.25, -0.2) is 4.98 Å². The van der Waals surface area contributed by atoms with Crippen molar-refractivity contribution in [2.45, 2.75) is 32.7 Å². The molecule has 3 aromatic rings. The average Bonchev–Trinajstić information content (AvgIpc) is 2.68. The summed E-state index contributed by atoms with van der Waals surface area (Å²) in [5.41, 5.74) is 2.08. The lowest BCUT2D eigenvalue weighted by Crippen LogP contribution is -2.24. The Morgan fingerprint density at radius 1 is 1.07 bits per heavy atom. The zero-order valence-corrected chi connectivity index (χ0v) is 15.2. The van der Waals surface area contributed by atoms with E-state index in [1.54, 1.807) is 34.9 Å². The second-order valence-corrected chi connectivity index (χ2v) is 6.30. The second-order valence-electron chi connectivity index (χ2n) is 6.30. The van der Waals surface area contributed by atoms with Crippen molar-refractivity contribution in [1.29, 1.82) is 0 Å². The Balaban J connectivity index is 2.06. The zero-order chi connectivity index (χ0) is 19.2. The Labute approximate surface area is 156 Å². The summed E-state index contributed by atoms with van der Waals surface area (Å²) in [5, 5.41) is 11.2. The van der Waals surface area contributed by atoms with Gasteiger partial charge in [-0.05, 0) is 36.8 Å². The molecule has 1 heterocycles. The maximum absolute atomic E-state index is 12.9. The molecule has 0 N–H and O–H groups in total. The van der Waals surface area contributed by atoms with Gasteiger partial charge < -0.3 is 4.57 Å². The van der Waals surface area contributed by atoms with Crippen LogP contribution < -0.4 is 5.56 Å². The molecule has 0 spiro atoms. The Bertz CT molecular complexity index is 1050. The van der Waals surface area contributed by atoms with Crippen LogP contribution >= 0.6 is 0 Å². The van der Waals surface area contributed by atoms with Crippen molar-refractivity contribution < 1.29 is 4.92 Å². The van der Waals surface area contributed by atoms with Crippen LogP contribution in [0, 0.1) is 10.1 Å². The van der Waals surface area contributed by atoms with Crippen LogP contribution in [-0.2, 0) is 6.54 Å². The fourth-order valence-electron chi connectivity index (χ4n) is 3.03. The number of para-hydroxylation sites is 3. The molecule has 138 valence electrons. The van der Waals surface area contributed by atoms with Gasteiger partial charge in [-0.2, -0.15) is 0 Å². The fourth-order valence-corrected chi connectivity index (χ4v) is 3.03. The summed E-state index contributed by atoms with van der Waals surface area (Å²) in [7, 11) is 0. The summed E-state index contributed by atoms with van der Waals surface area (Å²) >= 11 is 0. The maximum atomic E-state index is 12.9. The standard InChI is InChI=1S/C21H21N3O3/c1-2-3-8-15-23-20-12-7-5-10-17(20)22-18(21(23)25)14-13-16-9-4-6-11-19(16)24(26)27/h4-7,9-14H,2-3,8,15H2,1H3/b14-13+. The molecule has 0 unspecified atom stereocenters. The van der Waals surface area contributed by atoms with Gasteiger partial charge in [-0.3, -0.25) is 14.9 Å². The van der Waals surface area contributed by atoms with Gasteiger partial charge in [0.25, 0.3) is 11.2 Å². The van der Waals surface area contributed by atoms with Gasteiger partial charge in [-0.1, -0.05) is 44.0 Å². The van der Waals surface area contributed by atoms with Gasteiger partial charge in [0, 0.05) is 12.6 Å². The summed E-state index contributed by atoms with van der Waals surface area (Å²) in [6, 6.07) is 14.0. The van der Waals surface area contributed by atoms with Crippen LogP contribution in [0.15, 0.2) is 53.3 Å². The molecule has 0 radical (unpaired) electrons. The first-order chi connectivity index (χ1) is 13.1. The van der Waals surface area contributed by atoms with E-state index in [0.29, 0.717) is 12.1 Å². The van der Waals surface area contributed by atoms with Crippen LogP contribution in [0.3, 0.4) is 0 Å². The molecule has 0 aliphatic rings. The van der Waals surface area contributed by atoms with Crippen molar-refractivity contribution in [2.75, 3.05) is 0 Å². The van der Waals surface area contributed by atoms with Crippen LogP contribution in [0.2, 0.25) is 0 Å². The third-order valence-corrected chi connectivity index (χ3v) is 4.42. The molecule has 2 aromatic carbocycles. The SMILES string of the molecule is CCCCCn1c(=O)c(/C=C/c2ccccc2[N+](=O)[O-])nc2ccccc21. The predicted octanol–water partition coefficient (Wildman–Crippen LogP) is 4.67. The number of nitrogens with zero attached hydrogens (tertiary/aromatic N) is 3. The van der Waals surface area contributed by atoms with Crippen LogP contribution in [0.4, 0.5) is 5.69 Å². The number of hydrogen-bond donors (Lipinski definition) is 0. The first kappa shape index (κ1) is 18.5. The minimum atomic E-state index is -0.434. The van der Waals surface area contributed by atoms with Crippen molar-refractivity contribution >= 4 is 28.9 Å². The molecule has 27 heavy (non-hydrogen) atoms. The van der Waals surface area contributed by atoms with Crippen molar-refractivity contribution in [3.8, 4) is 0 Å². The molecule has 0 amide bonds. The van der Waals surface area contributed by atoms with Crippen molar-refractivity contribution in [1.82, 2.24) is 9.55 Å². The number of unbranched alkanes of at least 4 members (excludes halogenated alkanes) is 2. The lowest BCUT2D eigenvalue weighted by molar-refractivity contribution is -0.385. The molecule has 0 bridgehead atoms. The Kier molecular flexibility index (Phi) is 5.76. The smallest absolute Gasteiger partial charge is 0.276 e. The van der Waals surface area contributed by atoms with Gasteiger partial charge in [0.2, 0.25) is 0 Å². The van der Waals surface area contributed by atoms with E-state index in [1.807, 2.05) is 24.3 Å². The average molecular weight is 363 g/mol. The third-order valence-electron chi connectivity index (χ3n) is 4.42. The molecule has 0 atom stereocenters. The van der Waals surface area contributed by atoms with Crippen LogP contribution in [0.25, 0.3) is 23.2 Å². The molecule has 0 saturated heterocycles. The highest BCUT2D eigenvalue weighted by atomic mass is 16.6. The number of fused-ring (bicyclic) bond motifs is 1. The van der Waals surface area contributed by atoms with E-state index in [-0.39, 0.29) is 16.9 Å². The second kappa shape index (κ2) is 8.40. The molecular weight excluding hydrogens is 342 g/mol. The molecule has 1 aromatic heterocycles. The fraction of sp³-hybridized carbons (Fsp3) is 0.238. The molecular formula is C21H21N3O3. The summed E-state index contributed by atoms with van der Waals surface area (Å²) in [5.74, 6) is 0. The largest absolute Gasteiger partial charge is 0.305 e. The van der Waals surface area contributed by atoms with E-state index in [1.165, 1.54) is 6.07 Å². The highest BCUT2D eigenvalue weighted by Crippen LogP contribution is 2.20. The molecule has 3 rings (SSSR count). The molecule has 0 saturated carbocycles. The zero-order valence-electron chi connectivity index (χ0n) is 15.2. The van der Waals surface area contributed by atoms with Gasteiger partial charge in [0.15, 0.2) is 0 Å². The van der Waals surface area contributed by atoms with E-state index in [4.69, 9.17) is 0 Å². The molecule has 6 heteroatoms. The lowest BCUT2D eigenvalue weighted by atomic mass is 10.1. The number of nitro groups is 1. The first-order valence-electron chi connectivity index (χ1n) is 9.03.